The molecular weight excluding hydrogens is 518 g/mol. The Morgan fingerprint density at radius 1 is 1.15 bits per heavy atom. The maximum absolute atomic E-state index is 12.2. The molecule has 0 bridgehead atoms. The molecule has 212 valence electrons. The highest BCUT2D eigenvalue weighted by Crippen LogP contribution is 2.55. The number of likely N-dealkylation sites (N-methyl/N-ethyl adjacent to an activating group) is 1. The van der Waals surface area contributed by atoms with Crippen LogP contribution in [-0.2, 0) is 27.2 Å². The standard InChI is InChI=1S/C29H33N3O8/c1-13-7-17-8-18(10-30)32-20(24(31-5)22(17)29(26(13)36-6)40-16(4)34)9-19-23(21(32)11-37-15(3)33)28-27(38-12-39-28)14(2)25(19)35/h7,18,20-21,24,31,35H,8-9,11-12H2,1-6H3/t18-,20+,21+,24+/m1/s1. The number of carbonyl (C=O) groups excluding carboxylic acids is 2. The molecule has 0 radical (unpaired) electrons. The molecule has 0 unspecified atom stereocenters. The number of hydrogen-bond donors (Lipinski definition) is 2. The summed E-state index contributed by atoms with van der Waals surface area (Å²) in [6, 6.07) is 2.25. The number of nitriles is 1. The molecule has 0 saturated heterocycles. The zero-order chi connectivity index (χ0) is 28.9. The van der Waals surface area contributed by atoms with Crippen LogP contribution in [0.4, 0.5) is 0 Å². The summed E-state index contributed by atoms with van der Waals surface area (Å²) in [5, 5.41) is 25.3. The minimum Gasteiger partial charge on any atom is -0.507 e. The molecule has 2 aromatic rings. The maximum Gasteiger partial charge on any atom is 0.308 e. The molecule has 0 aliphatic carbocycles. The van der Waals surface area contributed by atoms with Crippen LogP contribution in [0.3, 0.4) is 0 Å². The number of phenols is 1. The summed E-state index contributed by atoms with van der Waals surface area (Å²) in [6.07, 6.45) is 0.636. The van der Waals surface area contributed by atoms with Gasteiger partial charge in [-0.3, -0.25) is 14.5 Å². The van der Waals surface area contributed by atoms with Crippen LogP contribution in [-0.4, -0.2) is 61.6 Å². The van der Waals surface area contributed by atoms with Crippen molar-refractivity contribution < 1.29 is 38.4 Å². The van der Waals surface area contributed by atoms with E-state index in [-0.39, 0.29) is 19.1 Å². The Balaban J connectivity index is 1.79. The summed E-state index contributed by atoms with van der Waals surface area (Å²) in [5.41, 5.74) is 4.13. The van der Waals surface area contributed by atoms with Gasteiger partial charge in [-0.25, -0.2) is 0 Å². The lowest BCUT2D eigenvalue weighted by Crippen LogP contribution is -2.54. The second-order valence-corrected chi connectivity index (χ2v) is 10.3. The van der Waals surface area contributed by atoms with Crippen molar-refractivity contribution in [2.75, 3.05) is 27.6 Å². The van der Waals surface area contributed by atoms with Crippen molar-refractivity contribution in [2.45, 2.75) is 64.7 Å². The summed E-state index contributed by atoms with van der Waals surface area (Å²) >= 11 is 0. The van der Waals surface area contributed by atoms with Crippen molar-refractivity contribution in [3.05, 3.63) is 39.4 Å². The molecule has 0 fully saturated rings. The molecule has 3 aliphatic rings. The van der Waals surface area contributed by atoms with E-state index in [1.165, 1.54) is 21.0 Å². The first-order chi connectivity index (χ1) is 19.1. The Labute approximate surface area is 232 Å². The molecule has 2 N–H and O–H groups in total. The Hall–Kier alpha value is -4.01. The Morgan fingerprint density at radius 3 is 2.50 bits per heavy atom. The van der Waals surface area contributed by atoms with Gasteiger partial charge in [0.15, 0.2) is 23.0 Å². The molecule has 0 aromatic heterocycles. The van der Waals surface area contributed by atoms with Gasteiger partial charge in [-0.05, 0) is 38.4 Å². The summed E-state index contributed by atoms with van der Waals surface area (Å²) in [6.45, 7) is 6.21. The third-order valence-electron chi connectivity index (χ3n) is 8.02. The van der Waals surface area contributed by atoms with Gasteiger partial charge < -0.3 is 34.1 Å². The number of aromatic hydroxyl groups is 1. The van der Waals surface area contributed by atoms with E-state index >= 15 is 0 Å². The Bertz CT molecular complexity index is 1430. The van der Waals surface area contributed by atoms with Crippen LogP contribution >= 0.6 is 0 Å². The van der Waals surface area contributed by atoms with E-state index < -0.39 is 36.1 Å². The number of nitrogens with one attached hydrogen (secondary N) is 1. The van der Waals surface area contributed by atoms with E-state index in [9.17, 15) is 20.0 Å². The number of hydrogen-bond acceptors (Lipinski definition) is 11. The zero-order valence-corrected chi connectivity index (χ0v) is 23.4. The number of fused-ring (bicyclic) bond motifs is 5. The quantitative estimate of drug-likeness (QED) is 0.419. The monoisotopic (exact) mass is 551 g/mol. The highest BCUT2D eigenvalue weighted by molar-refractivity contribution is 5.73. The van der Waals surface area contributed by atoms with Crippen LogP contribution in [0, 0.1) is 25.2 Å². The first-order valence-corrected chi connectivity index (χ1v) is 13.1. The molecule has 3 aliphatic heterocycles. The molecule has 11 nitrogen and oxygen atoms in total. The van der Waals surface area contributed by atoms with Gasteiger partial charge in [0.25, 0.3) is 0 Å². The second kappa shape index (κ2) is 10.5. The Kier molecular flexibility index (Phi) is 7.25. The number of methoxy groups -OCH3 is 1. The molecule has 5 rings (SSSR count). The fourth-order valence-corrected chi connectivity index (χ4v) is 6.53. The first kappa shape index (κ1) is 27.6. The molecule has 0 saturated carbocycles. The lowest BCUT2D eigenvalue weighted by Gasteiger charge is -2.47. The van der Waals surface area contributed by atoms with E-state index in [0.717, 1.165) is 11.1 Å². The maximum atomic E-state index is 12.2. The van der Waals surface area contributed by atoms with Crippen LogP contribution < -0.4 is 24.3 Å². The molecule has 40 heavy (non-hydrogen) atoms. The van der Waals surface area contributed by atoms with Crippen LogP contribution in [0.1, 0.15) is 59.3 Å². The van der Waals surface area contributed by atoms with Crippen LogP contribution in [0.25, 0.3) is 0 Å². The number of esters is 2. The number of phenolic OH excluding ortho intramolecular Hbond substituents is 1. The lowest BCUT2D eigenvalue weighted by molar-refractivity contribution is -0.143. The highest BCUT2D eigenvalue weighted by atomic mass is 16.7. The van der Waals surface area contributed by atoms with Crippen molar-refractivity contribution in [1.82, 2.24) is 10.2 Å². The second-order valence-electron chi connectivity index (χ2n) is 10.3. The summed E-state index contributed by atoms with van der Waals surface area (Å²) < 4.78 is 28.6. The van der Waals surface area contributed by atoms with E-state index in [0.29, 0.717) is 58.1 Å². The smallest absolute Gasteiger partial charge is 0.308 e. The predicted octanol–water partition coefficient (Wildman–Crippen LogP) is 2.91. The van der Waals surface area contributed by atoms with Gasteiger partial charge in [0, 0.05) is 48.6 Å². The van der Waals surface area contributed by atoms with Crippen molar-refractivity contribution in [1.29, 1.82) is 5.26 Å². The molecule has 3 heterocycles. The molecule has 11 heteroatoms. The van der Waals surface area contributed by atoms with Crippen LogP contribution in [0.15, 0.2) is 6.07 Å². The Morgan fingerprint density at radius 2 is 1.88 bits per heavy atom. The summed E-state index contributed by atoms with van der Waals surface area (Å²) in [5.74, 6) is 0.767. The molecule has 4 atom stereocenters. The largest absolute Gasteiger partial charge is 0.507 e. The number of benzene rings is 2. The minimum absolute atomic E-state index is 0.00709. The zero-order valence-electron chi connectivity index (χ0n) is 23.4. The van der Waals surface area contributed by atoms with Gasteiger partial charge in [-0.1, -0.05) is 6.07 Å². The predicted molar refractivity (Wildman–Crippen MR) is 142 cm³/mol. The van der Waals surface area contributed by atoms with Gasteiger partial charge in [0.1, 0.15) is 18.4 Å². The molecule has 0 amide bonds. The third-order valence-corrected chi connectivity index (χ3v) is 8.02. The van der Waals surface area contributed by atoms with E-state index in [4.69, 9.17) is 23.7 Å². The van der Waals surface area contributed by atoms with E-state index in [2.05, 4.69) is 11.4 Å². The van der Waals surface area contributed by atoms with E-state index in [1.807, 2.05) is 17.9 Å². The van der Waals surface area contributed by atoms with E-state index in [1.54, 1.807) is 14.0 Å². The average Bonchev–Trinajstić information content (AvgIpc) is 3.35. The molecular formula is C29H33N3O8. The molecule has 2 aromatic carbocycles. The first-order valence-electron chi connectivity index (χ1n) is 13.1. The lowest BCUT2D eigenvalue weighted by atomic mass is 9.81. The number of carbonyl (C=O) groups is 2. The van der Waals surface area contributed by atoms with Crippen molar-refractivity contribution in [3.63, 3.8) is 0 Å². The third kappa shape index (κ3) is 4.28. The van der Waals surface area contributed by atoms with Crippen molar-refractivity contribution >= 4 is 11.9 Å². The van der Waals surface area contributed by atoms with Crippen molar-refractivity contribution in [2.24, 2.45) is 0 Å². The number of rotatable bonds is 5. The number of nitrogens with zero attached hydrogens (tertiary/aromatic N) is 2. The number of aryl methyl sites for hydroxylation is 1. The summed E-state index contributed by atoms with van der Waals surface area (Å²) in [4.78, 5) is 26.3. The van der Waals surface area contributed by atoms with Crippen molar-refractivity contribution in [3.8, 4) is 34.8 Å². The van der Waals surface area contributed by atoms with Gasteiger partial charge in [-0.15, -0.1) is 0 Å². The van der Waals surface area contributed by atoms with Crippen LogP contribution in [0.5, 0.6) is 28.7 Å². The van der Waals surface area contributed by atoms with Gasteiger partial charge in [0.2, 0.25) is 6.79 Å². The highest BCUT2D eigenvalue weighted by Gasteiger charge is 2.50. The van der Waals surface area contributed by atoms with Gasteiger partial charge >= 0.3 is 11.9 Å². The normalized spacial score (nSPS) is 22.7. The number of ether oxygens (including phenoxy) is 5. The topological polar surface area (TPSA) is 140 Å². The fourth-order valence-electron chi connectivity index (χ4n) is 6.53. The van der Waals surface area contributed by atoms with Crippen LogP contribution in [0.2, 0.25) is 0 Å². The average molecular weight is 552 g/mol. The molecule has 0 spiro atoms. The fraction of sp³-hybridized carbons (Fsp3) is 0.483. The van der Waals surface area contributed by atoms with Gasteiger partial charge in [-0.2, -0.15) is 5.26 Å². The SMILES string of the molecule is CN[C@@H]1c2c(cc(C)c(OC)c2OC(C)=O)C[C@H](C#N)N2[C@@H](COC(C)=O)c3c(c(O)c(C)c4c3OCO4)C[C@@H]12. The minimum atomic E-state index is -0.657. The summed E-state index contributed by atoms with van der Waals surface area (Å²) in [7, 11) is 3.32. The van der Waals surface area contributed by atoms with Gasteiger partial charge in [0.05, 0.1) is 25.3 Å².